The van der Waals surface area contributed by atoms with E-state index >= 15 is 0 Å². The van der Waals surface area contributed by atoms with Gasteiger partial charge in [-0.1, -0.05) is 48.5 Å². The Labute approximate surface area is 126 Å². The summed E-state index contributed by atoms with van der Waals surface area (Å²) >= 11 is 6.29. The number of halogens is 1. The number of hydroxylamine groups is 1. The molecule has 6 heteroatoms. The first-order valence-electron chi connectivity index (χ1n) is 6.48. The van der Waals surface area contributed by atoms with Crippen molar-refractivity contribution in [3.63, 3.8) is 0 Å². The number of hydrogen-bond acceptors (Lipinski definition) is 4. The van der Waals surface area contributed by atoms with Crippen LogP contribution in [0.4, 0.5) is 5.69 Å². The molecule has 0 radical (unpaired) electrons. The van der Waals surface area contributed by atoms with Gasteiger partial charge in [0.05, 0.1) is 5.69 Å². The van der Waals surface area contributed by atoms with Crippen LogP contribution in [0.15, 0.2) is 60.7 Å². The highest BCUT2D eigenvalue weighted by atomic mass is 35.5. The van der Waals surface area contributed by atoms with Crippen LogP contribution in [0, 0.1) is 10.1 Å². The second-order valence-corrected chi connectivity index (χ2v) is 5.48. The molecule has 1 aliphatic heterocycles. The van der Waals surface area contributed by atoms with E-state index in [2.05, 4.69) is 0 Å². The molecule has 2 atom stereocenters. The molecule has 0 amide bonds. The molecule has 0 aromatic heterocycles. The molecule has 1 fully saturated rings. The molecule has 2 unspecified atom stereocenters. The minimum atomic E-state index is -1.71. The van der Waals surface area contributed by atoms with Gasteiger partial charge in [0.15, 0.2) is 12.6 Å². The molecule has 1 heterocycles. The van der Waals surface area contributed by atoms with Gasteiger partial charge in [-0.2, -0.15) is 0 Å². The van der Waals surface area contributed by atoms with Gasteiger partial charge in [0.1, 0.15) is 0 Å². The summed E-state index contributed by atoms with van der Waals surface area (Å²) < 4.78 is 0. The zero-order valence-electron chi connectivity index (χ0n) is 11.1. The van der Waals surface area contributed by atoms with E-state index in [0.29, 0.717) is 0 Å². The molecule has 0 saturated carbocycles. The van der Waals surface area contributed by atoms with Crippen LogP contribution in [-0.2, 0) is 4.84 Å². The summed E-state index contributed by atoms with van der Waals surface area (Å²) in [5.41, 5.74) is 1.47. The molecule has 0 bridgehead atoms. The maximum Gasteiger partial charge on any atom is 0.347 e. The zero-order valence-corrected chi connectivity index (χ0v) is 11.8. The minimum Gasteiger partial charge on any atom is -0.263 e. The first-order chi connectivity index (χ1) is 10.1. The summed E-state index contributed by atoms with van der Waals surface area (Å²) in [5, 5.41) is 13.0. The Kier molecular flexibility index (Phi) is 3.53. The Morgan fingerprint density at radius 2 is 1.71 bits per heavy atom. The van der Waals surface area contributed by atoms with Crippen molar-refractivity contribution in [2.45, 2.75) is 11.0 Å². The fraction of sp³-hybridized carbons (Fsp3) is 0.200. The van der Waals surface area contributed by atoms with Crippen molar-refractivity contribution in [2.24, 2.45) is 0 Å². The maximum atomic E-state index is 11.5. The van der Waals surface area contributed by atoms with Gasteiger partial charge in [0.25, 0.3) is 0 Å². The van der Waals surface area contributed by atoms with E-state index in [0.717, 1.165) is 11.3 Å². The molecule has 108 valence electrons. The fourth-order valence-electron chi connectivity index (χ4n) is 2.47. The SMILES string of the molecule is O=[N+]([O-])C1(Cl)CON(c2ccccc2)C1c1ccccc1. The average Bonchev–Trinajstić information content (AvgIpc) is 2.88. The third-order valence-corrected chi connectivity index (χ3v) is 3.94. The molecule has 1 aliphatic rings. The summed E-state index contributed by atoms with van der Waals surface area (Å²) in [4.78, 5) is 14.8. The van der Waals surface area contributed by atoms with Crippen LogP contribution < -0.4 is 5.06 Å². The predicted octanol–water partition coefficient (Wildman–Crippen LogP) is 3.39. The number of nitrogens with zero attached hydrogens (tertiary/aromatic N) is 2. The van der Waals surface area contributed by atoms with Crippen LogP contribution in [0.1, 0.15) is 11.6 Å². The van der Waals surface area contributed by atoms with Gasteiger partial charge in [-0.15, -0.1) is 0 Å². The van der Waals surface area contributed by atoms with Gasteiger partial charge in [0, 0.05) is 4.92 Å². The molecule has 21 heavy (non-hydrogen) atoms. The highest BCUT2D eigenvalue weighted by Gasteiger charge is 2.59. The van der Waals surface area contributed by atoms with Crippen molar-refractivity contribution in [3.05, 3.63) is 76.3 Å². The lowest BCUT2D eigenvalue weighted by molar-refractivity contribution is -0.542. The van der Waals surface area contributed by atoms with Gasteiger partial charge in [0.2, 0.25) is 0 Å². The summed E-state index contributed by atoms with van der Waals surface area (Å²) in [6.45, 7) is -0.185. The highest BCUT2D eigenvalue weighted by molar-refractivity contribution is 6.23. The van der Waals surface area contributed by atoms with Crippen LogP contribution in [0.2, 0.25) is 0 Å². The number of alkyl halides is 1. The van der Waals surface area contributed by atoms with Gasteiger partial charge >= 0.3 is 5.00 Å². The third-order valence-electron chi connectivity index (χ3n) is 3.49. The second-order valence-electron chi connectivity index (χ2n) is 4.82. The fourth-order valence-corrected chi connectivity index (χ4v) is 2.73. The Hall–Kier alpha value is -2.11. The van der Waals surface area contributed by atoms with Crippen molar-refractivity contribution in [2.75, 3.05) is 11.7 Å². The summed E-state index contributed by atoms with van der Waals surface area (Å²) in [6.07, 6.45) is 0. The van der Waals surface area contributed by atoms with Gasteiger partial charge < -0.3 is 0 Å². The molecule has 5 nitrogen and oxygen atoms in total. The summed E-state index contributed by atoms with van der Waals surface area (Å²) in [7, 11) is 0. The van der Waals surface area contributed by atoms with Crippen molar-refractivity contribution in [1.29, 1.82) is 0 Å². The number of anilines is 1. The first-order valence-corrected chi connectivity index (χ1v) is 6.86. The van der Waals surface area contributed by atoms with Gasteiger partial charge in [-0.05, 0) is 29.3 Å². The zero-order chi connectivity index (χ0) is 14.9. The van der Waals surface area contributed by atoms with Gasteiger partial charge in [-0.3, -0.25) is 15.0 Å². The van der Waals surface area contributed by atoms with Crippen molar-refractivity contribution in [1.82, 2.24) is 0 Å². The van der Waals surface area contributed by atoms with E-state index < -0.39 is 16.0 Å². The van der Waals surface area contributed by atoms with Crippen molar-refractivity contribution < 1.29 is 9.76 Å². The summed E-state index contributed by atoms with van der Waals surface area (Å²) in [6, 6.07) is 17.7. The maximum absolute atomic E-state index is 11.5. The van der Waals surface area contributed by atoms with Gasteiger partial charge in [-0.25, -0.2) is 5.06 Å². The quantitative estimate of drug-likeness (QED) is 0.377. The Morgan fingerprint density at radius 1 is 1.14 bits per heavy atom. The Morgan fingerprint density at radius 3 is 2.29 bits per heavy atom. The lowest BCUT2D eigenvalue weighted by Gasteiger charge is -2.27. The molecule has 2 aromatic rings. The van der Waals surface area contributed by atoms with Crippen LogP contribution in [0.5, 0.6) is 0 Å². The van der Waals surface area contributed by atoms with E-state index in [9.17, 15) is 10.1 Å². The molecule has 1 saturated heterocycles. The topological polar surface area (TPSA) is 55.6 Å². The smallest absolute Gasteiger partial charge is 0.263 e. The normalized spacial score (nSPS) is 25.0. The number of hydrogen-bond donors (Lipinski definition) is 0. The Balaban J connectivity index is 2.08. The standard InChI is InChI=1S/C15H13ClN2O3/c16-15(18(19)20)11-21-17(13-9-5-2-6-10-13)14(15)12-7-3-1-4-8-12/h1-10,14H,11H2. The molecule has 0 aliphatic carbocycles. The Bertz CT molecular complexity index is 638. The monoisotopic (exact) mass is 304 g/mol. The van der Waals surface area contributed by atoms with E-state index in [1.54, 1.807) is 0 Å². The minimum absolute atomic E-state index is 0.185. The molecule has 2 aromatic carbocycles. The molecule has 0 N–H and O–H groups in total. The van der Waals surface area contributed by atoms with Crippen LogP contribution in [0.25, 0.3) is 0 Å². The number of para-hydroxylation sites is 1. The molecular weight excluding hydrogens is 292 g/mol. The average molecular weight is 305 g/mol. The number of nitro groups is 1. The molecule has 3 rings (SSSR count). The van der Waals surface area contributed by atoms with E-state index in [1.165, 1.54) is 5.06 Å². The largest absolute Gasteiger partial charge is 0.347 e. The molecule has 0 spiro atoms. The lowest BCUT2D eigenvalue weighted by atomic mass is 10.00. The van der Waals surface area contributed by atoms with Crippen LogP contribution in [-0.4, -0.2) is 16.5 Å². The molecular formula is C15H13ClN2O3. The van der Waals surface area contributed by atoms with Crippen molar-refractivity contribution >= 4 is 17.3 Å². The van der Waals surface area contributed by atoms with E-state index in [4.69, 9.17) is 16.4 Å². The van der Waals surface area contributed by atoms with E-state index in [1.807, 2.05) is 60.7 Å². The lowest BCUT2D eigenvalue weighted by Crippen LogP contribution is -2.41. The van der Waals surface area contributed by atoms with Crippen LogP contribution >= 0.6 is 11.6 Å². The van der Waals surface area contributed by atoms with E-state index in [-0.39, 0.29) is 6.61 Å². The first kappa shape index (κ1) is 13.9. The third kappa shape index (κ3) is 2.34. The highest BCUT2D eigenvalue weighted by Crippen LogP contribution is 2.45. The van der Waals surface area contributed by atoms with Crippen molar-refractivity contribution in [3.8, 4) is 0 Å². The second kappa shape index (κ2) is 5.35. The predicted molar refractivity (Wildman–Crippen MR) is 79.6 cm³/mol. The summed E-state index contributed by atoms with van der Waals surface area (Å²) in [5.74, 6) is 0. The number of rotatable bonds is 3. The van der Waals surface area contributed by atoms with Crippen LogP contribution in [0.3, 0.4) is 0 Å². The number of benzene rings is 2.